The molecule has 0 aliphatic rings. The SMILES string of the molecule is COc1ccc(Nc2cc(Br)nc(C(C)(C)C)n2)cc1F. The molecule has 0 saturated carbocycles. The standard InChI is InChI=1S/C15H17BrFN3O/c1-15(2,3)14-19-12(16)8-13(20-14)18-9-5-6-11(21-4)10(17)7-9/h5-8H,1-4H3,(H,18,19,20). The fourth-order valence-corrected chi connectivity index (χ4v) is 2.09. The molecular formula is C15H17BrFN3O. The van der Waals surface area contributed by atoms with Crippen LogP contribution in [0, 0.1) is 5.82 Å². The summed E-state index contributed by atoms with van der Waals surface area (Å²) in [6.45, 7) is 6.10. The van der Waals surface area contributed by atoms with Gasteiger partial charge in [0.25, 0.3) is 0 Å². The minimum Gasteiger partial charge on any atom is -0.494 e. The average molecular weight is 354 g/mol. The Morgan fingerprint density at radius 1 is 1.19 bits per heavy atom. The zero-order valence-electron chi connectivity index (χ0n) is 12.4. The molecule has 21 heavy (non-hydrogen) atoms. The maximum absolute atomic E-state index is 13.7. The first kappa shape index (κ1) is 15.7. The van der Waals surface area contributed by atoms with E-state index in [0.29, 0.717) is 21.9 Å². The van der Waals surface area contributed by atoms with Gasteiger partial charge < -0.3 is 10.1 Å². The molecule has 1 aromatic carbocycles. The van der Waals surface area contributed by atoms with Crippen molar-refractivity contribution in [3.63, 3.8) is 0 Å². The molecule has 2 aromatic rings. The van der Waals surface area contributed by atoms with Crippen molar-refractivity contribution in [2.45, 2.75) is 26.2 Å². The van der Waals surface area contributed by atoms with Gasteiger partial charge in [-0.05, 0) is 28.1 Å². The Morgan fingerprint density at radius 2 is 1.90 bits per heavy atom. The van der Waals surface area contributed by atoms with E-state index in [0.717, 1.165) is 0 Å². The van der Waals surface area contributed by atoms with Gasteiger partial charge in [0.2, 0.25) is 0 Å². The van der Waals surface area contributed by atoms with Crippen LogP contribution in [0.1, 0.15) is 26.6 Å². The van der Waals surface area contributed by atoms with Crippen LogP contribution in [0.15, 0.2) is 28.9 Å². The highest BCUT2D eigenvalue weighted by molar-refractivity contribution is 9.10. The van der Waals surface area contributed by atoms with E-state index in [-0.39, 0.29) is 11.2 Å². The second-order valence-corrected chi connectivity index (χ2v) is 6.44. The molecule has 0 fully saturated rings. The molecule has 4 nitrogen and oxygen atoms in total. The third-order valence-electron chi connectivity index (χ3n) is 2.79. The molecule has 1 aromatic heterocycles. The second kappa shape index (κ2) is 5.97. The number of nitrogens with zero attached hydrogens (tertiary/aromatic N) is 2. The second-order valence-electron chi connectivity index (χ2n) is 5.62. The Hall–Kier alpha value is -1.69. The molecule has 0 saturated heterocycles. The van der Waals surface area contributed by atoms with Crippen molar-refractivity contribution in [1.82, 2.24) is 9.97 Å². The maximum Gasteiger partial charge on any atom is 0.167 e. The molecule has 0 bridgehead atoms. The molecule has 1 heterocycles. The van der Waals surface area contributed by atoms with E-state index >= 15 is 0 Å². The summed E-state index contributed by atoms with van der Waals surface area (Å²) in [7, 11) is 1.43. The predicted octanol–water partition coefficient (Wildman–Crippen LogP) is 4.43. The van der Waals surface area contributed by atoms with Crippen LogP contribution >= 0.6 is 15.9 Å². The zero-order chi connectivity index (χ0) is 15.6. The van der Waals surface area contributed by atoms with E-state index < -0.39 is 5.82 Å². The largest absolute Gasteiger partial charge is 0.494 e. The third kappa shape index (κ3) is 3.91. The molecule has 0 atom stereocenters. The number of rotatable bonds is 3. The lowest BCUT2D eigenvalue weighted by atomic mass is 9.96. The van der Waals surface area contributed by atoms with Crippen molar-refractivity contribution in [3.05, 3.63) is 40.5 Å². The summed E-state index contributed by atoms with van der Waals surface area (Å²) >= 11 is 3.37. The van der Waals surface area contributed by atoms with Crippen molar-refractivity contribution >= 4 is 27.4 Å². The Morgan fingerprint density at radius 3 is 2.48 bits per heavy atom. The molecule has 2 rings (SSSR count). The summed E-state index contributed by atoms with van der Waals surface area (Å²) in [5.41, 5.74) is 0.421. The number of benzene rings is 1. The summed E-state index contributed by atoms with van der Waals surface area (Å²) in [6, 6.07) is 6.41. The zero-order valence-corrected chi connectivity index (χ0v) is 14.0. The molecule has 0 unspecified atom stereocenters. The van der Waals surface area contributed by atoms with Gasteiger partial charge >= 0.3 is 0 Å². The number of ether oxygens (including phenoxy) is 1. The van der Waals surface area contributed by atoms with Crippen LogP contribution in [0.2, 0.25) is 0 Å². The highest BCUT2D eigenvalue weighted by atomic mass is 79.9. The predicted molar refractivity (Wildman–Crippen MR) is 84.7 cm³/mol. The number of halogens is 2. The first-order chi connectivity index (χ1) is 9.79. The highest BCUT2D eigenvalue weighted by Crippen LogP contribution is 2.26. The molecule has 1 N–H and O–H groups in total. The first-order valence-corrected chi connectivity index (χ1v) is 7.24. The molecule has 0 amide bonds. The van der Waals surface area contributed by atoms with E-state index in [9.17, 15) is 4.39 Å². The van der Waals surface area contributed by atoms with E-state index in [2.05, 4.69) is 31.2 Å². The van der Waals surface area contributed by atoms with Crippen LogP contribution in [-0.4, -0.2) is 17.1 Å². The van der Waals surface area contributed by atoms with Crippen LogP contribution in [0.3, 0.4) is 0 Å². The van der Waals surface area contributed by atoms with Gasteiger partial charge in [-0.1, -0.05) is 20.8 Å². The summed E-state index contributed by atoms with van der Waals surface area (Å²) in [5.74, 6) is 1.09. The monoisotopic (exact) mass is 353 g/mol. The lowest BCUT2D eigenvalue weighted by Crippen LogP contribution is -2.16. The number of methoxy groups -OCH3 is 1. The van der Waals surface area contributed by atoms with Gasteiger partial charge in [0.15, 0.2) is 11.6 Å². The number of hydrogen-bond donors (Lipinski definition) is 1. The minimum atomic E-state index is -0.424. The van der Waals surface area contributed by atoms with Gasteiger partial charge in [0.05, 0.1) is 7.11 Å². The lowest BCUT2D eigenvalue weighted by molar-refractivity contribution is 0.386. The molecule has 0 aliphatic heterocycles. The van der Waals surface area contributed by atoms with Crippen LogP contribution in [0.5, 0.6) is 5.75 Å². The van der Waals surface area contributed by atoms with Crippen molar-refractivity contribution in [3.8, 4) is 5.75 Å². The normalized spacial score (nSPS) is 11.3. The number of anilines is 2. The van der Waals surface area contributed by atoms with Gasteiger partial charge in [-0.2, -0.15) is 0 Å². The van der Waals surface area contributed by atoms with Crippen LogP contribution < -0.4 is 10.1 Å². The van der Waals surface area contributed by atoms with Gasteiger partial charge in [-0.3, -0.25) is 0 Å². The van der Waals surface area contributed by atoms with Crippen molar-refractivity contribution < 1.29 is 9.13 Å². The van der Waals surface area contributed by atoms with Crippen molar-refractivity contribution in [2.24, 2.45) is 0 Å². The van der Waals surface area contributed by atoms with Crippen LogP contribution in [0.25, 0.3) is 0 Å². The summed E-state index contributed by atoms with van der Waals surface area (Å²) in [6.07, 6.45) is 0. The lowest BCUT2D eigenvalue weighted by Gasteiger charge is -2.18. The smallest absolute Gasteiger partial charge is 0.167 e. The van der Waals surface area contributed by atoms with Gasteiger partial charge in [0.1, 0.15) is 16.2 Å². The Balaban J connectivity index is 2.31. The molecular weight excluding hydrogens is 337 g/mol. The van der Waals surface area contributed by atoms with Crippen molar-refractivity contribution in [1.29, 1.82) is 0 Å². The van der Waals surface area contributed by atoms with Crippen LogP contribution in [-0.2, 0) is 5.41 Å². The van der Waals surface area contributed by atoms with E-state index in [1.165, 1.54) is 13.2 Å². The van der Waals surface area contributed by atoms with Gasteiger partial charge in [-0.25, -0.2) is 14.4 Å². The molecule has 0 spiro atoms. The molecule has 6 heteroatoms. The minimum absolute atomic E-state index is 0.175. The molecule has 112 valence electrons. The Labute approximate surface area is 131 Å². The Kier molecular flexibility index (Phi) is 4.46. The number of nitrogens with one attached hydrogen (secondary N) is 1. The van der Waals surface area contributed by atoms with Crippen molar-refractivity contribution in [2.75, 3.05) is 12.4 Å². The quantitative estimate of drug-likeness (QED) is 0.829. The van der Waals surface area contributed by atoms with E-state index in [1.807, 2.05) is 20.8 Å². The summed E-state index contributed by atoms with van der Waals surface area (Å²) in [5, 5.41) is 3.07. The fraction of sp³-hybridized carbons (Fsp3) is 0.333. The number of aromatic nitrogens is 2. The molecule has 0 radical (unpaired) electrons. The van der Waals surface area contributed by atoms with E-state index in [1.54, 1.807) is 18.2 Å². The first-order valence-electron chi connectivity index (χ1n) is 6.45. The van der Waals surface area contributed by atoms with Gasteiger partial charge in [0, 0.05) is 23.2 Å². The third-order valence-corrected chi connectivity index (χ3v) is 3.20. The highest BCUT2D eigenvalue weighted by Gasteiger charge is 2.18. The van der Waals surface area contributed by atoms with Gasteiger partial charge in [-0.15, -0.1) is 0 Å². The average Bonchev–Trinajstić information content (AvgIpc) is 2.37. The van der Waals surface area contributed by atoms with E-state index in [4.69, 9.17) is 4.74 Å². The molecule has 0 aliphatic carbocycles. The summed E-state index contributed by atoms with van der Waals surface area (Å²) in [4.78, 5) is 8.83. The van der Waals surface area contributed by atoms with Crippen LogP contribution in [0.4, 0.5) is 15.9 Å². The topological polar surface area (TPSA) is 47.0 Å². The Bertz CT molecular complexity index is 656. The summed E-state index contributed by atoms with van der Waals surface area (Å²) < 4.78 is 19.3. The maximum atomic E-state index is 13.7. The number of hydrogen-bond acceptors (Lipinski definition) is 4. The fourth-order valence-electron chi connectivity index (χ4n) is 1.71.